The Hall–Kier alpha value is -3.19. The van der Waals surface area contributed by atoms with E-state index >= 15 is 0 Å². The smallest absolute Gasteiger partial charge is 0.407 e. The summed E-state index contributed by atoms with van der Waals surface area (Å²) in [6.07, 6.45) is 0.894. The molecule has 0 saturated carbocycles. The highest BCUT2D eigenvalue weighted by molar-refractivity contribution is 7.13. The predicted molar refractivity (Wildman–Crippen MR) is 123 cm³/mol. The molecule has 2 unspecified atom stereocenters. The number of carbonyl (C=O) groups excluding carboxylic acids is 4. The second kappa shape index (κ2) is 11.3. The molecule has 0 fully saturated rings. The van der Waals surface area contributed by atoms with Gasteiger partial charge in [0.1, 0.15) is 5.60 Å². The van der Waals surface area contributed by atoms with Gasteiger partial charge in [-0.2, -0.15) is 5.06 Å². The number of alkyl carbamates (subject to hydrolysis) is 1. The van der Waals surface area contributed by atoms with Crippen LogP contribution in [0.1, 0.15) is 60.2 Å². The van der Waals surface area contributed by atoms with Crippen LogP contribution in [0.2, 0.25) is 0 Å². The number of nitrogens with zero attached hydrogens (tertiary/aromatic N) is 3. The molecule has 0 spiro atoms. The summed E-state index contributed by atoms with van der Waals surface area (Å²) >= 11 is 1.04. The molecule has 1 aromatic rings. The lowest BCUT2D eigenvalue weighted by Crippen LogP contribution is -2.43. The van der Waals surface area contributed by atoms with Crippen LogP contribution in [0, 0.1) is 0 Å². The quantitative estimate of drug-likeness (QED) is 0.316. The van der Waals surface area contributed by atoms with Gasteiger partial charge in [-0.15, -0.1) is 17.9 Å². The average Bonchev–Trinajstić information content (AvgIpc) is 3.17. The van der Waals surface area contributed by atoms with Gasteiger partial charge in [-0.1, -0.05) is 6.08 Å². The minimum atomic E-state index is -1.15. The van der Waals surface area contributed by atoms with Crippen LogP contribution >= 0.6 is 11.3 Å². The number of amides is 4. The molecular weight excluding hydrogens is 466 g/mol. The van der Waals surface area contributed by atoms with E-state index in [9.17, 15) is 19.2 Å². The Labute approximate surface area is 202 Å². The molecule has 1 aliphatic heterocycles. The Balaban J connectivity index is 2.21. The number of nitrogens with one attached hydrogen (secondary N) is 2. The van der Waals surface area contributed by atoms with Crippen LogP contribution in [0.5, 0.6) is 0 Å². The van der Waals surface area contributed by atoms with E-state index in [-0.39, 0.29) is 30.4 Å². The molecule has 188 valence electrons. The van der Waals surface area contributed by atoms with E-state index in [4.69, 9.17) is 14.3 Å². The molecule has 0 aliphatic carbocycles. The maximum absolute atomic E-state index is 12.9. The van der Waals surface area contributed by atoms with E-state index < -0.39 is 41.7 Å². The lowest BCUT2D eigenvalue weighted by atomic mass is 10.1. The molecule has 13 heteroatoms. The van der Waals surface area contributed by atoms with Crippen LogP contribution in [-0.4, -0.2) is 78.4 Å². The van der Waals surface area contributed by atoms with Gasteiger partial charge in [-0.05, 0) is 27.7 Å². The highest BCUT2D eigenvalue weighted by atomic mass is 32.1. The Kier molecular flexibility index (Phi) is 8.99. The zero-order valence-electron chi connectivity index (χ0n) is 20.2. The van der Waals surface area contributed by atoms with E-state index in [0.29, 0.717) is 4.88 Å². The Morgan fingerprint density at radius 1 is 1.24 bits per heavy atom. The molecule has 1 aromatic heterocycles. The van der Waals surface area contributed by atoms with Crippen molar-refractivity contribution in [1.82, 2.24) is 25.6 Å². The summed E-state index contributed by atoms with van der Waals surface area (Å²) in [4.78, 5) is 61.5. The van der Waals surface area contributed by atoms with Crippen molar-refractivity contribution in [3.63, 3.8) is 0 Å². The number of hydrogen-bond donors (Lipinski definition) is 2. The second-order valence-corrected chi connectivity index (χ2v) is 9.39. The minimum absolute atomic E-state index is 0.0684. The molecule has 0 radical (unpaired) electrons. The summed E-state index contributed by atoms with van der Waals surface area (Å²) in [6, 6.07) is -2.35. The first-order chi connectivity index (χ1) is 15.9. The topological polar surface area (TPSA) is 139 Å². The zero-order chi connectivity index (χ0) is 25.6. The number of carbonyl (C=O) groups is 4. The van der Waals surface area contributed by atoms with Crippen LogP contribution in [0.15, 0.2) is 12.7 Å². The number of aromatic nitrogens is 1. The van der Waals surface area contributed by atoms with E-state index in [1.54, 1.807) is 27.7 Å². The molecule has 34 heavy (non-hydrogen) atoms. The number of fused-ring (bicyclic) bond motifs is 1. The number of esters is 1. The van der Waals surface area contributed by atoms with Crippen LogP contribution in [0.25, 0.3) is 0 Å². The highest BCUT2D eigenvalue weighted by Gasteiger charge is 2.43. The van der Waals surface area contributed by atoms with Gasteiger partial charge in [0.15, 0.2) is 11.0 Å². The van der Waals surface area contributed by atoms with Gasteiger partial charge in [0.2, 0.25) is 0 Å². The van der Waals surface area contributed by atoms with Crippen LogP contribution in [0.3, 0.4) is 0 Å². The first-order valence-electron chi connectivity index (χ1n) is 10.5. The van der Waals surface area contributed by atoms with E-state index in [1.807, 2.05) is 0 Å². The molecule has 0 saturated heterocycles. The van der Waals surface area contributed by atoms with Crippen LogP contribution < -0.4 is 10.6 Å². The van der Waals surface area contributed by atoms with Crippen molar-refractivity contribution in [3.8, 4) is 0 Å². The summed E-state index contributed by atoms with van der Waals surface area (Å²) in [5.74, 6) is -1.19. The normalized spacial score (nSPS) is 18.0. The maximum Gasteiger partial charge on any atom is 0.407 e. The van der Waals surface area contributed by atoms with Gasteiger partial charge in [-0.3, -0.25) is 9.63 Å². The van der Waals surface area contributed by atoms with Gasteiger partial charge in [0, 0.05) is 20.1 Å². The number of hydroxylamine groups is 2. The van der Waals surface area contributed by atoms with Crippen LogP contribution in [-0.2, 0) is 19.1 Å². The van der Waals surface area contributed by atoms with E-state index in [1.165, 1.54) is 20.2 Å². The fourth-order valence-corrected chi connectivity index (χ4v) is 4.11. The Morgan fingerprint density at radius 2 is 1.88 bits per heavy atom. The third-order valence-electron chi connectivity index (χ3n) is 4.58. The summed E-state index contributed by atoms with van der Waals surface area (Å²) in [5, 5.41) is 6.42. The maximum atomic E-state index is 12.9. The Bertz CT molecular complexity index is 942. The van der Waals surface area contributed by atoms with E-state index in [2.05, 4.69) is 22.2 Å². The number of methoxy groups -OCH3 is 1. The number of ether oxygens (including phenoxy) is 2. The second-order valence-electron chi connectivity index (χ2n) is 8.36. The molecular formula is C21H31N5O7S. The molecule has 0 aromatic carbocycles. The number of hydrogen-bond acceptors (Lipinski definition) is 9. The first-order valence-corrected chi connectivity index (χ1v) is 11.4. The summed E-state index contributed by atoms with van der Waals surface area (Å²) in [7, 11) is 2.63. The van der Waals surface area contributed by atoms with Gasteiger partial charge >= 0.3 is 18.1 Å². The molecule has 2 heterocycles. The van der Waals surface area contributed by atoms with Gasteiger partial charge < -0.3 is 25.0 Å². The third kappa shape index (κ3) is 6.44. The Morgan fingerprint density at radius 3 is 2.47 bits per heavy atom. The molecule has 2 rings (SSSR count). The van der Waals surface area contributed by atoms with Crippen molar-refractivity contribution in [3.05, 3.63) is 28.2 Å². The monoisotopic (exact) mass is 497 g/mol. The van der Waals surface area contributed by atoms with Crippen molar-refractivity contribution < 1.29 is 33.5 Å². The van der Waals surface area contributed by atoms with Crippen molar-refractivity contribution in [2.45, 2.75) is 45.4 Å². The molecule has 2 atom stereocenters. The van der Waals surface area contributed by atoms with Gasteiger partial charge in [0.05, 0.1) is 30.3 Å². The molecule has 4 amide bonds. The predicted octanol–water partition coefficient (Wildman–Crippen LogP) is 2.16. The largest absolute Gasteiger partial charge is 0.467 e. The SMILES string of the molecule is C=CCON1C(=O)N(C)C(C(=O)OC)c2nc(C(=O)NCCNC(=O)OC(C)(C)C)sc2C1C. The molecule has 2 N–H and O–H groups in total. The summed E-state index contributed by atoms with van der Waals surface area (Å²) < 4.78 is 10.0. The van der Waals surface area contributed by atoms with E-state index in [0.717, 1.165) is 21.3 Å². The number of rotatable bonds is 8. The van der Waals surface area contributed by atoms with Gasteiger partial charge in [0.25, 0.3) is 5.91 Å². The lowest BCUT2D eigenvalue weighted by molar-refractivity contribution is -0.150. The average molecular weight is 498 g/mol. The summed E-state index contributed by atoms with van der Waals surface area (Å²) in [5.41, 5.74) is -0.390. The molecule has 12 nitrogen and oxygen atoms in total. The highest BCUT2D eigenvalue weighted by Crippen LogP contribution is 2.39. The lowest BCUT2D eigenvalue weighted by Gasteiger charge is -2.29. The van der Waals surface area contributed by atoms with Crippen molar-refractivity contribution in [1.29, 1.82) is 0 Å². The number of urea groups is 1. The van der Waals surface area contributed by atoms with Crippen molar-refractivity contribution in [2.75, 3.05) is 33.9 Å². The zero-order valence-corrected chi connectivity index (χ0v) is 21.0. The third-order valence-corrected chi connectivity index (χ3v) is 5.82. The van der Waals surface area contributed by atoms with Crippen molar-refractivity contribution in [2.24, 2.45) is 0 Å². The number of thiazole rings is 1. The minimum Gasteiger partial charge on any atom is -0.467 e. The number of likely N-dealkylation sites (N-methyl/N-ethyl adjacent to an activating group) is 1. The summed E-state index contributed by atoms with van der Waals surface area (Å²) in [6.45, 7) is 10.9. The fourth-order valence-electron chi connectivity index (χ4n) is 3.07. The fraction of sp³-hybridized carbons (Fsp3) is 0.571. The van der Waals surface area contributed by atoms with Gasteiger partial charge in [-0.25, -0.2) is 19.4 Å². The standard InChI is InChI=1S/C21H31N5O7S/c1-8-11-32-26-12(2)15-13(14(18(28)31-7)25(6)20(26)30)24-17(34-15)16(27)22-9-10-23-19(29)33-21(3,4)5/h8,12,14H,1,9-11H2,2-7H3,(H,22,27)(H,23,29). The first kappa shape index (κ1) is 27.1. The van der Waals surface area contributed by atoms with Crippen molar-refractivity contribution >= 4 is 35.3 Å². The molecule has 1 aliphatic rings. The molecule has 0 bridgehead atoms. The van der Waals surface area contributed by atoms with Crippen LogP contribution in [0.4, 0.5) is 9.59 Å².